The van der Waals surface area contributed by atoms with Gasteiger partial charge in [-0.25, -0.2) is 0 Å². The first-order valence-electron chi connectivity index (χ1n) is 5.52. The molecule has 1 heterocycles. The van der Waals surface area contributed by atoms with Crippen molar-refractivity contribution in [2.45, 2.75) is 32.8 Å². The Morgan fingerprint density at radius 3 is 2.79 bits per heavy atom. The van der Waals surface area contributed by atoms with Crippen molar-refractivity contribution in [1.82, 2.24) is 5.32 Å². The largest absolute Gasteiger partial charge is 0.381 e. The SMILES string of the molecule is CNCC1(CCOC(C)C)CCOC1. The van der Waals surface area contributed by atoms with Crippen molar-refractivity contribution in [2.75, 3.05) is 33.4 Å². The van der Waals surface area contributed by atoms with Gasteiger partial charge in [0.25, 0.3) is 0 Å². The van der Waals surface area contributed by atoms with Gasteiger partial charge in [-0.05, 0) is 33.7 Å². The third-order valence-corrected chi connectivity index (χ3v) is 2.82. The molecule has 0 bridgehead atoms. The van der Waals surface area contributed by atoms with Crippen molar-refractivity contribution >= 4 is 0 Å². The average Bonchev–Trinajstić information content (AvgIpc) is 2.53. The van der Waals surface area contributed by atoms with Crippen LogP contribution in [0, 0.1) is 5.41 Å². The lowest BCUT2D eigenvalue weighted by Gasteiger charge is -2.27. The summed E-state index contributed by atoms with van der Waals surface area (Å²) in [6, 6.07) is 0. The molecule has 0 aliphatic carbocycles. The summed E-state index contributed by atoms with van der Waals surface area (Å²) in [5.74, 6) is 0. The zero-order valence-corrected chi connectivity index (χ0v) is 9.64. The van der Waals surface area contributed by atoms with Crippen molar-refractivity contribution in [3.05, 3.63) is 0 Å². The highest BCUT2D eigenvalue weighted by Crippen LogP contribution is 2.31. The zero-order chi connectivity index (χ0) is 10.4. The minimum atomic E-state index is 0.323. The van der Waals surface area contributed by atoms with Gasteiger partial charge in [0, 0.05) is 25.2 Å². The quantitative estimate of drug-likeness (QED) is 0.705. The molecule has 1 N–H and O–H groups in total. The second kappa shape index (κ2) is 5.69. The molecule has 0 amide bonds. The van der Waals surface area contributed by atoms with Gasteiger partial charge in [-0.2, -0.15) is 0 Å². The Hall–Kier alpha value is -0.120. The fourth-order valence-electron chi connectivity index (χ4n) is 1.96. The summed E-state index contributed by atoms with van der Waals surface area (Å²) in [6.07, 6.45) is 2.60. The Labute approximate surface area is 87.2 Å². The lowest BCUT2D eigenvalue weighted by atomic mass is 9.84. The number of nitrogens with one attached hydrogen (secondary N) is 1. The van der Waals surface area contributed by atoms with Gasteiger partial charge in [0.05, 0.1) is 12.7 Å². The van der Waals surface area contributed by atoms with E-state index in [0.717, 1.165) is 39.2 Å². The Kier molecular flexibility index (Phi) is 4.85. The summed E-state index contributed by atoms with van der Waals surface area (Å²) < 4.78 is 11.1. The predicted octanol–water partition coefficient (Wildman–Crippen LogP) is 1.43. The Morgan fingerprint density at radius 1 is 1.50 bits per heavy atom. The van der Waals surface area contributed by atoms with Crippen LogP contribution in [0.5, 0.6) is 0 Å². The smallest absolute Gasteiger partial charge is 0.0536 e. The molecule has 0 radical (unpaired) electrons. The van der Waals surface area contributed by atoms with Gasteiger partial charge < -0.3 is 14.8 Å². The molecule has 0 aromatic carbocycles. The molecule has 0 aromatic heterocycles. The number of hydrogen-bond acceptors (Lipinski definition) is 3. The molecule has 1 rings (SSSR count). The summed E-state index contributed by atoms with van der Waals surface area (Å²) in [6.45, 7) is 7.83. The molecule has 1 atom stereocenters. The summed E-state index contributed by atoms with van der Waals surface area (Å²) in [5, 5.41) is 3.25. The lowest BCUT2D eigenvalue weighted by Crippen LogP contribution is -2.34. The van der Waals surface area contributed by atoms with Crippen molar-refractivity contribution in [1.29, 1.82) is 0 Å². The molecule has 1 saturated heterocycles. The normalized spacial score (nSPS) is 27.4. The number of ether oxygens (including phenoxy) is 2. The van der Waals surface area contributed by atoms with Gasteiger partial charge in [-0.1, -0.05) is 0 Å². The molecular formula is C11H23NO2. The second-order valence-electron chi connectivity index (χ2n) is 4.50. The van der Waals surface area contributed by atoms with Gasteiger partial charge >= 0.3 is 0 Å². The van der Waals surface area contributed by atoms with Gasteiger partial charge in [0.1, 0.15) is 0 Å². The van der Waals surface area contributed by atoms with Crippen molar-refractivity contribution < 1.29 is 9.47 Å². The molecule has 1 fully saturated rings. The van der Waals surface area contributed by atoms with E-state index in [1.54, 1.807) is 0 Å². The predicted molar refractivity (Wildman–Crippen MR) is 57.5 cm³/mol. The van der Waals surface area contributed by atoms with Crippen LogP contribution in [-0.4, -0.2) is 39.5 Å². The van der Waals surface area contributed by atoms with E-state index in [1.807, 2.05) is 7.05 Å². The monoisotopic (exact) mass is 201 g/mol. The molecule has 14 heavy (non-hydrogen) atoms. The van der Waals surface area contributed by atoms with E-state index in [1.165, 1.54) is 0 Å². The number of rotatable bonds is 6. The maximum Gasteiger partial charge on any atom is 0.0536 e. The van der Waals surface area contributed by atoms with Crippen LogP contribution < -0.4 is 5.32 Å². The van der Waals surface area contributed by atoms with E-state index in [2.05, 4.69) is 19.2 Å². The summed E-state index contributed by atoms with van der Waals surface area (Å²) >= 11 is 0. The Bertz CT molecular complexity index is 153. The van der Waals surface area contributed by atoms with Crippen LogP contribution in [0.25, 0.3) is 0 Å². The van der Waals surface area contributed by atoms with E-state index >= 15 is 0 Å². The van der Waals surface area contributed by atoms with E-state index in [-0.39, 0.29) is 0 Å². The highest BCUT2D eigenvalue weighted by Gasteiger charge is 2.33. The molecule has 0 aromatic rings. The van der Waals surface area contributed by atoms with Crippen molar-refractivity contribution in [2.24, 2.45) is 5.41 Å². The molecule has 3 heteroatoms. The maximum absolute atomic E-state index is 5.59. The van der Waals surface area contributed by atoms with Crippen LogP contribution in [0.4, 0.5) is 0 Å². The summed E-state index contributed by atoms with van der Waals surface area (Å²) in [4.78, 5) is 0. The van der Waals surface area contributed by atoms with Crippen LogP contribution >= 0.6 is 0 Å². The standard InChI is InChI=1S/C11H23NO2/c1-10(2)14-7-5-11(8-12-3)4-6-13-9-11/h10,12H,4-9H2,1-3H3. The fraction of sp³-hybridized carbons (Fsp3) is 1.00. The molecule has 1 aliphatic rings. The van der Waals surface area contributed by atoms with Crippen LogP contribution in [0.2, 0.25) is 0 Å². The molecule has 1 aliphatic heterocycles. The van der Waals surface area contributed by atoms with Crippen LogP contribution in [-0.2, 0) is 9.47 Å². The number of hydrogen-bond donors (Lipinski definition) is 1. The first-order chi connectivity index (χ1) is 6.68. The van der Waals surface area contributed by atoms with Gasteiger partial charge in [-0.15, -0.1) is 0 Å². The maximum atomic E-state index is 5.59. The van der Waals surface area contributed by atoms with Gasteiger partial charge in [0.15, 0.2) is 0 Å². The first-order valence-corrected chi connectivity index (χ1v) is 5.52. The topological polar surface area (TPSA) is 30.5 Å². The Balaban J connectivity index is 2.28. The molecule has 0 spiro atoms. The highest BCUT2D eigenvalue weighted by molar-refractivity contribution is 4.84. The fourth-order valence-corrected chi connectivity index (χ4v) is 1.96. The first kappa shape index (κ1) is 12.0. The lowest BCUT2D eigenvalue weighted by molar-refractivity contribution is 0.0459. The Morgan fingerprint density at radius 2 is 2.29 bits per heavy atom. The van der Waals surface area contributed by atoms with Crippen molar-refractivity contribution in [3.8, 4) is 0 Å². The van der Waals surface area contributed by atoms with Crippen LogP contribution in [0.15, 0.2) is 0 Å². The van der Waals surface area contributed by atoms with Gasteiger partial charge in [0.2, 0.25) is 0 Å². The third-order valence-electron chi connectivity index (χ3n) is 2.82. The van der Waals surface area contributed by atoms with E-state index in [9.17, 15) is 0 Å². The van der Waals surface area contributed by atoms with E-state index in [0.29, 0.717) is 11.5 Å². The van der Waals surface area contributed by atoms with E-state index < -0.39 is 0 Å². The highest BCUT2D eigenvalue weighted by atomic mass is 16.5. The van der Waals surface area contributed by atoms with Crippen molar-refractivity contribution in [3.63, 3.8) is 0 Å². The molecule has 0 saturated carbocycles. The van der Waals surface area contributed by atoms with Crippen LogP contribution in [0.3, 0.4) is 0 Å². The van der Waals surface area contributed by atoms with E-state index in [4.69, 9.17) is 9.47 Å². The minimum absolute atomic E-state index is 0.323. The van der Waals surface area contributed by atoms with Gasteiger partial charge in [-0.3, -0.25) is 0 Å². The molecular weight excluding hydrogens is 178 g/mol. The average molecular weight is 201 g/mol. The minimum Gasteiger partial charge on any atom is -0.381 e. The summed E-state index contributed by atoms with van der Waals surface area (Å²) in [7, 11) is 2.00. The molecule has 1 unspecified atom stereocenters. The summed E-state index contributed by atoms with van der Waals surface area (Å²) in [5.41, 5.74) is 0.323. The molecule has 84 valence electrons. The second-order valence-corrected chi connectivity index (χ2v) is 4.50. The van der Waals surface area contributed by atoms with Crippen LogP contribution in [0.1, 0.15) is 26.7 Å². The third kappa shape index (κ3) is 3.56. The molecule has 3 nitrogen and oxygen atoms in total. The zero-order valence-electron chi connectivity index (χ0n) is 9.64.